The van der Waals surface area contributed by atoms with E-state index in [1.807, 2.05) is 6.07 Å². The highest BCUT2D eigenvalue weighted by Gasteiger charge is 2.25. The number of carbonyl (C=O) groups excluding carboxylic acids is 2. The number of hydrogen-bond donors (Lipinski definition) is 2. The lowest BCUT2D eigenvalue weighted by atomic mass is 10.0. The molecule has 1 amide bonds. The molecule has 3 aromatic rings. The van der Waals surface area contributed by atoms with Crippen LogP contribution in [0.5, 0.6) is 5.95 Å². The van der Waals surface area contributed by atoms with E-state index in [4.69, 9.17) is 14.9 Å². The van der Waals surface area contributed by atoms with Gasteiger partial charge in [-0.05, 0) is 12.1 Å². The van der Waals surface area contributed by atoms with Gasteiger partial charge in [-0.3, -0.25) is 4.79 Å². The number of aliphatic hydroxyl groups excluding tert-OH is 1. The van der Waals surface area contributed by atoms with Crippen LogP contribution in [0.25, 0.3) is 11.0 Å². The third kappa shape index (κ3) is 2.93. The zero-order valence-electron chi connectivity index (χ0n) is 11.9. The summed E-state index contributed by atoms with van der Waals surface area (Å²) in [6.07, 6.45) is -1.65. The fraction of sp³-hybridized carbons (Fsp3) is 0.0588. The molecule has 6 heteroatoms. The molecule has 1 aromatic heterocycles. The summed E-state index contributed by atoms with van der Waals surface area (Å²) in [4.78, 5) is 23.4. The maximum atomic E-state index is 12.1. The van der Waals surface area contributed by atoms with Crippen molar-refractivity contribution in [1.82, 2.24) is 0 Å². The lowest BCUT2D eigenvalue weighted by Crippen LogP contribution is -2.22. The molecule has 6 nitrogen and oxygen atoms in total. The highest BCUT2D eigenvalue weighted by atomic mass is 16.6. The Bertz CT molecular complexity index is 850. The molecule has 116 valence electrons. The van der Waals surface area contributed by atoms with Crippen molar-refractivity contribution in [3.8, 4) is 5.95 Å². The molecule has 0 radical (unpaired) electrons. The van der Waals surface area contributed by atoms with Gasteiger partial charge in [0.15, 0.2) is 6.10 Å². The van der Waals surface area contributed by atoms with E-state index < -0.39 is 18.0 Å². The van der Waals surface area contributed by atoms with Crippen LogP contribution in [0, 0.1) is 0 Å². The second-order valence-corrected chi connectivity index (χ2v) is 4.88. The predicted octanol–water partition coefficient (Wildman–Crippen LogP) is 2.17. The lowest BCUT2D eigenvalue weighted by Gasteiger charge is -2.12. The van der Waals surface area contributed by atoms with Crippen LogP contribution in [-0.2, 0) is 4.79 Å². The van der Waals surface area contributed by atoms with Gasteiger partial charge in [0.1, 0.15) is 5.58 Å². The average molecular weight is 311 g/mol. The molecule has 1 atom stereocenters. The van der Waals surface area contributed by atoms with Gasteiger partial charge < -0.3 is 20.0 Å². The third-order valence-electron chi connectivity index (χ3n) is 3.35. The van der Waals surface area contributed by atoms with Crippen LogP contribution < -0.4 is 10.5 Å². The molecule has 0 saturated heterocycles. The first kappa shape index (κ1) is 14.8. The van der Waals surface area contributed by atoms with Gasteiger partial charge in [-0.1, -0.05) is 36.4 Å². The Morgan fingerprint density at radius 3 is 2.52 bits per heavy atom. The minimum atomic E-state index is -1.65. The van der Waals surface area contributed by atoms with Crippen LogP contribution in [0.2, 0.25) is 0 Å². The van der Waals surface area contributed by atoms with Crippen molar-refractivity contribution in [2.75, 3.05) is 0 Å². The quantitative estimate of drug-likeness (QED) is 0.719. The number of rotatable bonds is 4. The number of aliphatic hydroxyl groups is 1. The summed E-state index contributed by atoms with van der Waals surface area (Å²) in [5.41, 5.74) is 5.93. The first-order valence-electron chi connectivity index (χ1n) is 6.83. The summed E-state index contributed by atoms with van der Waals surface area (Å²) >= 11 is 0. The SMILES string of the molecule is NC(=O)c1ccccc1C(O)C(=O)Oc1cc2ccccc2o1. The van der Waals surface area contributed by atoms with E-state index >= 15 is 0 Å². The molecule has 1 unspecified atom stereocenters. The number of carbonyl (C=O) groups is 2. The number of amides is 1. The summed E-state index contributed by atoms with van der Waals surface area (Å²) in [6.45, 7) is 0. The third-order valence-corrected chi connectivity index (χ3v) is 3.35. The van der Waals surface area contributed by atoms with Crippen molar-refractivity contribution in [3.63, 3.8) is 0 Å². The van der Waals surface area contributed by atoms with Crippen molar-refractivity contribution in [2.45, 2.75) is 6.10 Å². The van der Waals surface area contributed by atoms with Crippen molar-refractivity contribution in [1.29, 1.82) is 0 Å². The summed E-state index contributed by atoms with van der Waals surface area (Å²) in [6, 6.07) is 14.7. The molecule has 23 heavy (non-hydrogen) atoms. The molecule has 1 heterocycles. The second-order valence-electron chi connectivity index (χ2n) is 4.88. The molecule has 3 rings (SSSR count). The first-order valence-corrected chi connectivity index (χ1v) is 6.83. The number of nitrogens with two attached hydrogens (primary N) is 1. The van der Waals surface area contributed by atoms with E-state index in [1.54, 1.807) is 36.4 Å². The molecule has 0 aliphatic carbocycles. The van der Waals surface area contributed by atoms with Crippen LogP contribution in [-0.4, -0.2) is 17.0 Å². The lowest BCUT2D eigenvalue weighted by molar-refractivity contribution is -0.145. The highest BCUT2D eigenvalue weighted by Crippen LogP contribution is 2.26. The van der Waals surface area contributed by atoms with Crippen LogP contribution in [0.15, 0.2) is 59.0 Å². The van der Waals surface area contributed by atoms with Gasteiger partial charge in [-0.15, -0.1) is 0 Å². The molecule has 0 saturated carbocycles. The molecule has 0 fully saturated rings. The van der Waals surface area contributed by atoms with E-state index in [0.29, 0.717) is 5.58 Å². The Morgan fingerprint density at radius 1 is 1.09 bits per heavy atom. The topological polar surface area (TPSA) is 103 Å². The van der Waals surface area contributed by atoms with Gasteiger partial charge in [0, 0.05) is 22.6 Å². The molecule has 0 aliphatic heterocycles. The summed E-state index contributed by atoms with van der Waals surface area (Å²) < 4.78 is 10.4. The number of hydrogen-bond acceptors (Lipinski definition) is 5. The average Bonchev–Trinajstić information content (AvgIpc) is 2.96. The molecule has 0 aliphatic rings. The molecule has 0 bridgehead atoms. The van der Waals surface area contributed by atoms with Crippen LogP contribution >= 0.6 is 0 Å². The van der Waals surface area contributed by atoms with Crippen LogP contribution in [0.3, 0.4) is 0 Å². The zero-order chi connectivity index (χ0) is 16.4. The summed E-state index contributed by atoms with van der Waals surface area (Å²) in [5.74, 6) is -1.74. The van der Waals surface area contributed by atoms with Gasteiger partial charge in [-0.2, -0.15) is 0 Å². The Morgan fingerprint density at radius 2 is 1.78 bits per heavy atom. The number of para-hydroxylation sites is 1. The van der Waals surface area contributed by atoms with Crippen molar-refractivity contribution in [2.24, 2.45) is 5.73 Å². The second kappa shape index (κ2) is 5.94. The normalized spacial score (nSPS) is 12.0. The molecular formula is C17H13NO5. The number of ether oxygens (including phenoxy) is 1. The van der Waals surface area contributed by atoms with Gasteiger partial charge in [0.2, 0.25) is 5.91 Å². The Hall–Kier alpha value is -3.12. The van der Waals surface area contributed by atoms with E-state index in [1.165, 1.54) is 12.1 Å². The van der Waals surface area contributed by atoms with Crippen molar-refractivity contribution < 1.29 is 23.8 Å². The number of fused-ring (bicyclic) bond motifs is 1. The number of esters is 1. The van der Waals surface area contributed by atoms with Gasteiger partial charge in [-0.25, -0.2) is 4.79 Å². The molecule has 0 spiro atoms. The fourth-order valence-corrected chi connectivity index (χ4v) is 2.25. The number of benzene rings is 2. The molecule has 3 N–H and O–H groups in total. The van der Waals surface area contributed by atoms with Crippen LogP contribution in [0.1, 0.15) is 22.0 Å². The Kier molecular flexibility index (Phi) is 3.82. The minimum absolute atomic E-state index is 0.0354. The van der Waals surface area contributed by atoms with E-state index in [2.05, 4.69) is 0 Å². The minimum Gasteiger partial charge on any atom is -0.425 e. The Labute approximate surface area is 131 Å². The monoisotopic (exact) mass is 311 g/mol. The number of furan rings is 1. The number of primary amides is 1. The van der Waals surface area contributed by atoms with Crippen molar-refractivity contribution >= 4 is 22.8 Å². The van der Waals surface area contributed by atoms with Crippen LogP contribution in [0.4, 0.5) is 0 Å². The zero-order valence-corrected chi connectivity index (χ0v) is 11.9. The van der Waals surface area contributed by atoms with Gasteiger partial charge in [0.25, 0.3) is 5.95 Å². The summed E-state index contributed by atoms with van der Waals surface area (Å²) in [7, 11) is 0. The fourth-order valence-electron chi connectivity index (χ4n) is 2.25. The maximum absolute atomic E-state index is 12.1. The smallest absolute Gasteiger partial charge is 0.347 e. The van der Waals surface area contributed by atoms with E-state index in [-0.39, 0.29) is 17.1 Å². The van der Waals surface area contributed by atoms with E-state index in [0.717, 1.165) is 5.39 Å². The molecular weight excluding hydrogens is 298 g/mol. The largest absolute Gasteiger partial charge is 0.425 e. The first-order chi connectivity index (χ1) is 11.1. The maximum Gasteiger partial charge on any atom is 0.347 e. The standard InChI is InChI=1S/C17H13NO5/c18-16(20)12-7-3-2-6-11(12)15(19)17(21)23-14-9-10-5-1-4-8-13(10)22-14/h1-9,15,19H,(H2,18,20). The Balaban J connectivity index is 1.84. The highest BCUT2D eigenvalue weighted by molar-refractivity contribution is 5.96. The molecule has 2 aromatic carbocycles. The predicted molar refractivity (Wildman–Crippen MR) is 81.8 cm³/mol. The van der Waals surface area contributed by atoms with E-state index in [9.17, 15) is 14.7 Å². The summed E-state index contributed by atoms with van der Waals surface area (Å²) in [5, 5.41) is 10.9. The van der Waals surface area contributed by atoms with Gasteiger partial charge in [0.05, 0.1) is 0 Å². The van der Waals surface area contributed by atoms with Crippen molar-refractivity contribution in [3.05, 3.63) is 65.7 Å². The van der Waals surface area contributed by atoms with Gasteiger partial charge >= 0.3 is 5.97 Å².